The van der Waals surface area contributed by atoms with Crippen molar-refractivity contribution in [1.29, 1.82) is 0 Å². The summed E-state index contributed by atoms with van der Waals surface area (Å²) in [6, 6.07) is 11.3. The molecule has 0 spiro atoms. The van der Waals surface area contributed by atoms with Crippen molar-refractivity contribution in [2.75, 3.05) is 19.0 Å². The van der Waals surface area contributed by atoms with Gasteiger partial charge in [-0.1, -0.05) is 12.1 Å². The fourth-order valence-electron chi connectivity index (χ4n) is 2.15. The number of hydrogen-bond donors (Lipinski definition) is 1. The van der Waals surface area contributed by atoms with Crippen molar-refractivity contribution < 1.29 is 19.2 Å². The van der Waals surface area contributed by atoms with Crippen molar-refractivity contribution in [3.05, 3.63) is 64.2 Å². The molecule has 0 radical (unpaired) electrons. The zero-order chi connectivity index (χ0) is 18.2. The first-order chi connectivity index (χ1) is 12.0. The number of benzene rings is 2. The number of nitro groups is 1. The van der Waals surface area contributed by atoms with Crippen molar-refractivity contribution in [2.24, 2.45) is 0 Å². The molecular formula is C18H18N2O5. The van der Waals surface area contributed by atoms with Crippen LogP contribution in [-0.2, 0) is 4.79 Å². The van der Waals surface area contributed by atoms with Crippen LogP contribution in [0.5, 0.6) is 11.5 Å². The first-order valence-corrected chi connectivity index (χ1v) is 7.58. The van der Waals surface area contributed by atoms with E-state index in [0.29, 0.717) is 29.4 Å². The van der Waals surface area contributed by atoms with Gasteiger partial charge in [-0.25, -0.2) is 0 Å². The zero-order valence-corrected chi connectivity index (χ0v) is 13.9. The Balaban J connectivity index is 2.19. The monoisotopic (exact) mass is 342 g/mol. The molecule has 0 saturated carbocycles. The van der Waals surface area contributed by atoms with E-state index in [-0.39, 0.29) is 5.69 Å². The lowest BCUT2D eigenvalue weighted by Crippen LogP contribution is -2.09. The molecule has 25 heavy (non-hydrogen) atoms. The molecule has 2 aromatic carbocycles. The number of rotatable bonds is 7. The Morgan fingerprint density at radius 1 is 1.28 bits per heavy atom. The largest absolute Gasteiger partial charge is 0.497 e. The molecule has 0 unspecified atom stereocenters. The summed E-state index contributed by atoms with van der Waals surface area (Å²) < 4.78 is 10.6. The van der Waals surface area contributed by atoms with Gasteiger partial charge in [-0.15, -0.1) is 0 Å². The average Bonchev–Trinajstić information content (AvgIpc) is 2.61. The first-order valence-electron chi connectivity index (χ1n) is 7.58. The predicted molar refractivity (Wildman–Crippen MR) is 94.9 cm³/mol. The molecule has 7 nitrogen and oxygen atoms in total. The maximum atomic E-state index is 12.2. The summed E-state index contributed by atoms with van der Waals surface area (Å²) >= 11 is 0. The van der Waals surface area contributed by atoms with Gasteiger partial charge in [0.25, 0.3) is 5.69 Å². The van der Waals surface area contributed by atoms with E-state index >= 15 is 0 Å². The van der Waals surface area contributed by atoms with Crippen LogP contribution in [0.2, 0.25) is 0 Å². The molecule has 1 amide bonds. The van der Waals surface area contributed by atoms with E-state index in [2.05, 4.69) is 5.32 Å². The predicted octanol–water partition coefficient (Wildman–Crippen LogP) is 3.65. The number of methoxy groups -OCH3 is 1. The molecule has 0 aliphatic heterocycles. The lowest BCUT2D eigenvalue weighted by Gasteiger charge is -2.12. The SMILES string of the molecule is CCOc1ccc(OC)cc1NC(=O)/C=C/c1ccccc1[N+](=O)[O-]. The van der Waals surface area contributed by atoms with Gasteiger partial charge < -0.3 is 14.8 Å². The number of nitro benzene ring substituents is 1. The molecule has 130 valence electrons. The Hall–Kier alpha value is -3.35. The summed E-state index contributed by atoms with van der Waals surface area (Å²) in [6.07, 6.45) is 2.63. The molecule has 1 N–H and O–H groups in total. The van der Waals surface area contributed by atoms with Gasteiger partial charge >= 0.3 is 0 Å². The van der Waals surface area contributed by atoms with Crippen molar-refractivity contribution in [3.63, 3.8) is 0 Å². The number of anilines is 1. The quantitative estimate of drug-likeness (QED) is 0.471. The second-order valence-electron chi connectivity index (χ2n) is 4.93. The number of ether oxygens (including phenoxy) is 2. The van der Waals surface area contributed by atoms with Crippen molar-refractivity contribution >= 4 is 23.4 Å². The van der Waals surface area contributed by atoms with Crippen LogP contribution in [0.15, 0.2) is 48.5 Å². The lowest BCUT2D eigenvalue weighted by molar-refractivity contribution is -0.385. The standard InChI is InChI=1S/C18H18N2O5/c1-3-25-17-10-9-14(24-2)12-15(17)19-18(21)11-8-13-6-4-5-7-16(13)20(22)23/h4-12H,3H2,1-2H3,(H,19,21)/b11-8+. The van der Waals surface area contributed by atoms with Crippen LogP contribution in [0, 0.1) is 10.1 Å². The van der Waals surface area contributed by atoms with Gasteiger partial charge in [0.1, 0.15) is 11.5 Å². The molecule has 0 aliphatic rings. The van der Waals surface area contributed by atoms with Crippen LogP contribution in [0.4, 0.5) is 11.4 Å². The summed E-state index contributed by atoms with van der Waals surface area (Å²) in [5, 5.41) is 13.7. The van der Waals surface area contributed by atoms with Crippen LogP contribution in [0.1, 0.15) is 12.5 Å². The van der Waals surface area contributed by atoms with E-state index in [1.165, 1.54) is 25.3 Å². The molecule has 0 aliphatic carbocycles. The van der Waals surface area contributed by atoms with E-state index in [1.54, 1.807) is 36.4 Å². The number of nitrogens with zero attached hydrogens (tertiary/aromatic N) is 1. The second kappa shape index (κ2) is 8.49. The number of amides is 1. The summed E-state index contributed by atoms with van der Waals surface area (Å²) in [5.74, 6) is 0.643. The normalized spacial score (nSPS) is 10.5. The van der Waals surface area contributed by atoms with E-state index in [1.807, 2.05) is 6.92 Å². The number of hydrogen-bond acceptors (Lipinski definition) is 5. The highest BCUT2D eigenvalue weighted by Gasteiger charge is 2.11. The molecule has 7 heteroatoms. The highest BCUT2D eigenvalue weighted by Crippen LogP contribution is 2.29. The van der Waals surface area contributed by atoms with Crippen LogP contribution in [-0.4, -0.2) is 24.5 Å². The molecular weight excluding hydrogens is 324 g/mol. The van der Waals surface area contributed by atoms with E-state index in [9.17, 15) is 14.9 Å². The average molecular weight is 342 g/mol. The highest BCUT2D eigenvalue weighted by molar-refractivity contribution is 6.03. The summed E-state index contributed by atoms with van der Waals surface area (Å²) in [7, 11) is 1.52. The maximum absolute atomic E-state index is 12.2. The molecule has 0 atom stereocenters. The fourth-order valence-corrected chi connectivity index (χ4v) is 2.15. The van der Waals surface area contributed by atoms with Gasteiger partial charge in [0, 0.05) is 18.2 Å². The zero-order valence-electron chi connectivity index (χ0n) is 13.9. The molecule has 0 bridgehead atoms. The smallest absolute Gasteiger partial charge is 0.276 e. The van der Waals surface area contributed by atoms with E-state index in [0.717, 1.165) is 0 Å². The van der Waals surface area contributed by atoms with Crippen molar-refractivity contribution in [1.82, 2.24) is 0 Å². The van der Waals surface area contributed by atoms with Crippen molar-refractivity contribution in [3.8, 4) is 11.5 Å². The first kappa shape index (κ1) is 18.0. The van der Waals surface area contributed by atoms with Crippen molar-refractivity contribution in [2.45, 2.75) is 6.92 Å². The lowest BCUT2D eigenvalue weighted by atomic mass is 10.1. The molecule has 2 rings (SSSR count). The minimum Gasteiger partial charge on any atom is -0.497 e. The van der Waals surface area contributed by atoms with Crippen LogP contribution >= 0.6 is 0 Å². The van der Waals surface area contributed by atoms with Crippen LogP contribution in [0.3, 0.4) is 0 Å². The third-order valence-corrected chi connectivity index (χ3v) is 3.29. The Bertz CT molecular complexity index is 802. The Morgan fingerprint density at radius 3 is 2.72 bits per heavy atom. The Labute approximate surface area is 145 Å². The topological polar surface area (TPSA) is 90.7 Å². The molecule has 2 aromatic rings. The number of carbonyl (C=O) groups is 1. The molecule has 0 saturated heterocycles. The minimum absolute atomic E-state index is 0.0667. The molecule has 0 aromatic heterocycles. The maximum Gasteiger partial charge on any atom is 0.276 e. The summed E-state index contributed by atoms with van der Waals surface area (Å²) in [5.41, 5.74) is 0.736. The Kier molecular flexibility index (Phi) is 6.11. The number of carbonyl (C=O) groups excluding carboxylic acids is 1. The van der Waals surface area contributed by atoms with Gasteiger partial charge in [-0.3, -0.25) is 14.9 Å². The van der Waals surface area contributed by atoms with Gasteiger partial charge in [0.15, 0.2) is 0 Å². The molecule has 0 heterocycles. The highest BCUT2D eigenvalue weighted by atomic mass is 16.6. The van der Waals surface area contributed by atoms with E-state index < -0.39 is 10.8 Å². The Morgan fingerprint density at radius 2 is 2.04 bits per heavy atom. The number of para-hydroxylation sites is 1. The fraction of sp³-hybridized carbons (Fsp3) is 0.167. The van der Waals surface area contributed by atoms with Gasteiger partial charge in [-0.05, 0) is 31.2 Å². The van der Waals surface area contributed by atoms with Crippen LogP contribution in [0.25, 0.3) is 6.08 Å². The number of nitrogens with one attached hydrogen (secondary N) is 1. The van der Waals surface area contributed by atoms with Gasteiger partial charge in [0.05, 0.1) is 29.9 Å². The van der Waals surface area contributed by atoms with Crippen LogP contribution < -0.4 is 14.8 Å². The van der Waals surface area contributed by atoms with E-state index in [4.69, 9.17) is 9.47 Å². The van der Waals surface area contributed by atoms with Gasteiger partial charge in [0.2, 0.25) is 5.91 Å². The third kappa shape index (κ3) is 4.81. The second-order valence-corrected chi connectivity index (χ2v) is 4.93. The molecule has 0 fully saturated rings. The van der Waals surface area contributed by atoms with Gasteiger partial charge in [-0.2, -0.15) is 0 Å². The summed E-state index contributed by atoms with van der Waals surface area (Å²) in [4.78, 5) is 22.7. The summed E-state index contributed by atoms with van der Waals surface area (Å²) in [6.45, 7) is 2.28. The third-order valence-electron chi connectivity index (χ3n) is 3.29. The minimum atomic E-state index is -0.493.